The van der Waals surface area contributed by atoms with E-state index in [1.165, 1.54) is 24.3 Å². The molecule has 0 aliphatic carbocycles. The van der Waals surface area contributed by atoms with E-state index in [0.29, 0.717) is 5.56 Å². The van der Waals surface area contributed by atoms with Crippen LogP contribution in [-0.4, -0.2) is 13.3 Å². The number of nitro groups is 1. The van der Waals surface area contributed by atoms with Crippen molar-refractivity contribution in [1.29, 1.82) is 0 Å². The Kier molecular flexibility index (Phi) is 4.58. The molecular formula is C15H15NO5S. The van der Waals surface area contributed by atoms with Gasteiger partial charge in [0.2, 0.25) is 0 Å². The van der Waals surface area contributed by atoms with E-state index in [0.717, 1.165) is 11.1 Å². The standard InChI is InChI=1S/C15H15NO5S/c1-11-3-7-15(8-4-11)22(19,20)21-10-13-9-14(16(17)18)6-5-12(13)2/h3-9H,10H2,1-2H3. The summed E-state index contributed by atoms with van der Waals surface area (Å²) >= 11 is 0. The van der Waals surface area contributed by atoms with Gasteiger partial charge in [-0.15, -0.1) is 0 Å². The number of non-ortho nitro benzene ring substituents is 1. The van der Waals surface area contributed by atoms with Gasteiger partial charge < -0.3 is 0 Å². The maximum Gasteiger partial charge on any atom is 0.297 e. The number of benzene rings is 2. The van der Waals surface area contributed by atoms with Crippen LogP contribution in [0, 0.1) is 24.0 Å². The quantitative estimate of drug-likeness (QED) is 0.480. The van der Waals surface area contributed by atoms with Crippen molar-refractivity contribution in [3.63, 3.8) is 0 Å². The molecule has 0 aliphatic heterocycles. The molecule has 0 spiro atoms. The van der Waals surface area contributed by atoms with Crippen molar-refractivity contribution in [2.45, 2.75) is 25.3 Å². The number of nitro benzene ring substituents is 1. The van der Waals surface area contributed by atoms with E-state index in [9.17, 15) is 18.5 Å². The van der Waals surface area contributed by atoms with E-state index >= 15 is 0 Å². The molecule has 2 aromatic rings. The molecule has 0 unspecified atom stereocenters. The number of nitrogens with zero attached hydrogens (tertiary/aromatic N) is 1. The van der Waals surface area contributed by atoms with Gasteiger partial charge in [-0.25, -0.2) is 0 Å². The molecule has 7 heteroatoms. The Morgan fingerprint density at radius 2 is 1.73 bits per heavy atom. The van der Waals surface area contributed by atoms with Gasteiger partial charge in [0.15, 0.2) is 0 Å². The average molecular weight is 321 g/mol. The molecule has 0 amide bonds. The first-order chi connectivity index (χ1) is 10.3. The highest BCUT2D eigenvalue weighted by Crippen LogP contribution is 2.20. The van der Waals surface area contributed by atoms with Gasteiger partial charge in [0, 0.05) is 12.1 Å². The van der Waals surface area contributed by atoms with Crippen LogP contribution in [-0.2, 0) is 20.9 Å². The summed E-state index contributed by atoms with van der Waals surface area (Å²) in [5, 5.41) is 10.8. The fourth-order valence-corrected chi connectivity index (χ4v) is 2.73. The molecular weight excluding hydrogens is 306 g/mol. The highest BCUT2D eigenvalue weighted by molar-refractivity contribution is 7.86. The largest absolute Gasteiger partial charge is 0.297 e. The SMILES string of the molecule is Cc1ccc(S(=O)(=O)OCc2cc([N+](=O)[O-])ccc2C)cc1. The molecule has 0 radical (unpaired) electrons. The van der Waals surface area contributed by atoms with Crippen LogP contribution < -0.4 is 0 Å². The van der Waals surface area contributed by atoms with E-state index < -0.39 is 15.0 Å². The summed E-state index contributed by atoms with van der Waals surface area (Å²) in [4.78, 5) is 10.3. The molecule has 6 nitrogen and oxygen atoms in total. The minimum atomic E-state index is -3.89. The number of hydrogen-bond donors (Lipinski definition) is 0. The Bertz CT molecular complexity index is 797. The molecule has 0 fully saturated rings. The van der Waals surface area contributed by atoms with Crippen LogP contribution in [0.25, 0.3) is 0 Å². The van der Waals surface area contributed by atoms with Crippen molar-refractivity contribution in [3.8, 4) is 0 Å². The molecule has 0 aliphatic rings. The van der Waals surface area contributed by atoms with Crippen molar-refractivity contribution in [2.75, 3.05) is 0 Å². The molecule has 116 valence electrons. The Balaban J connectivity index is 2.20. The number of hydrogen-bond acceptors (Lipinski definition) is 5. The van der Waals surface area contributed by atoms with Gasteiger partial charge >= 0.3 is 0 Å². The number of rotatable bonds is 5. The normalized spacial score (nSPS) is 11.4. The van der Waals surface area contributed by atoms with Gasteiger partial charge in [0.1, 0.15) is 0 Å². The summed E-state index contributed by atoms with van der Waals surface area (Å²) in [6.07, 6.45) is 0. The van der Waals surface area contributed by atoms with Crippen LogP contribution in [0.5, 0.6) is 0 Å². The van der Waals surface area contributed by atoms with Crippen LogP contribution in [0.1, 0.15) is 16.7 Å². The third-order valence-electron chi connectivity index (χ3n) is 3.22. The van der Waals surface area contributed by atoms with Crippen molar-refractivity contribution < 1.29 is 17.5 Å². The zero-order valence-corrected chi connectivity index (χ0v) is 13.0. The lowest BCUT2D eigenvalue weighted by atomic mass is 10.1. The summed E-state index contributed by atoms with van der Waals surface area (Å²) in [5.41, 5.74) is 2.03. The van der Waals surface area contributed by atoms with Crippen molar-refractivity contribution in [2.24, 2.45) is 0 Å². The molecule has 0 heterocycles. The second-order valence-corrected chi connectivity index (χ2v) is 6.51. The van der Waals surface area contributed by atoms with E-state index in [1.807, 2.05) is 6.92 Å². The van der Waals surface area contributed by atoms with Crippen LogP contribution >= 0.6 is 0 Å². The predicted octanol–water partition coefficient (Wildman–Crippen LogP) is 3.12. The van der Waals surface area contributed by atoms with Crippen LogP contribution in [0.4, 0.5) is 5.69 Å². The predicted molar refractivity (Wildman–Crippen MR) is 81.0 cm³/mol. The van der Waals surface area contributed by atoms with Gasteiger partial charge in [0.05, 0.1) is 16.4 Å². The maximum atomic E-state index is 12.1. The van der Waals surface area contributed by atoms with E-state index in [2.05, 4.69) is 0 Å². The molecule has 0 bridgehead atoms. The van der Waals surface area contributed by atoms with Crippen LogP contribution in [0.2, 0.25) is 0 Å². The van der Waals surface area contributed by atoms with Gasteiger partial charge in [-0.2, -0.15) is 8.42 Å². The Hall–Kier alpha value is -2.25. The Morgan fingerprint density at radius 1 is 1.09 bits per heavy atom. The zero-order chi connectivity index (χ0) is 16.3. The highest BCUT2D eigenvalue weighted by atomic mass is 32.2. The average Bonchev–Trinajstić information content (AvgIpc) is 2.46. The summed E-state index contributed by atoms with van der Waals surface area (Å²) in [6, 6.07) is 10.5. The molecule has 0 atom stereocenters. The minimum absolute atomic E-state index is 0.0567. The van der Waals surface area contributed by atoms with Crippen LogP contribution in [0.3, 0.4) is 0 Å². The highest BCUT2D eigenvalue weighted by Gasteiger charge is 2.17. The van der Waals surface area contributed by atoms with E-state index in [4.69, 9.17) is 4.18 Å². The van der Waals surface area contributed by atoms with Crippen LogP contribution in [0.15, 0.2) is 47.4 Å². The third kappa shape index (κ3) is 3.69. The Morgan fingerprint density at radius 3 is 2.32 bits per heavy atom. The van der Waals surface area contributed by atoms with Crippen molar-refractivity contribution >= 4 is 15.8 Å². The lowest BCUT2D eigenvalue weighted by Crippen LogP contribution is -2.07. The molecule has 2 aromatic carbocycles. The maximum absolute atomic E-state index is 12.1. The van der Waals surface area contributed by atoms with Gasteiger partial charge in [-0.05, 0) is 37.1 Å². The molecule has 0 N–H and O–H groups in total. The lowest BCUT2D eigenvalue weighted by molar-refractivity contribution is -0.385. The first kappa shape index (κ1) is 16.1. The summed E-state index contributed by atoms with van der Waals surface area (Å²) in [7, 11) is -3.89. The molecule has 0 saturated carbocycles. The van der Waals surface area contributed by atoms with Crippen molar-refractivity contribution in [1.82, 2.24) is 0 Å². The number of aryl methyl sites for hydroxylation is 2. The molecule has 2 rings (SSSR count). The van der Waals surface area contributed by atoms with Gasteiger partial charge in [0.25, 0.3) is 15.8 Å². The Labute approximate surface area is 128 Å². The van der Waals surface area contributed by atoms with E-state index in [1.54, 1.807) is 25.1 Å². The minimum Gasteiger partial charge on any atom is -0.262 e. The second kappa shape index (κ2) is 6.25. The molecule has 0 saturated heterocycles. The fourth-order valence-electron chi connectivity index (χ4n) is 1.84. The fraction of sp³-hybridized carbons (Fsp3) is 0.200. The molecule has 0 aromatic heterocycles. The summed E-state index contributed by atoms with van der Waals surface area (Å²) in [6.45, 7) is 3.34. The third-order valence-corrected chi connectivity index (χ3v) is 4.50. The lowest BCUT2D eigenvalue weighted by Gasteiger charge is -2.08. The summed E-state index contributed by atoms with van der Waals surface area (Å²) < 4.78 is 29.2. The van der Waals surface area contributed by atoms with Gasteiger partial charge in [-0.3, -0.25) is 14.3 Å². The van der Waals surface area contributed by atoms with Crippen molar-refractivity contribution in [3.05, 3.63) is 69.3 Å². The smallest absolute Gasteiger partial charge is 0.262 e. The first-order valence-electron chi connectivity index (χ1n) is 6.49. The summed E-state index contributed by atoms with van der Waals surface area (Å²) in [5.74, 6) is 0. The second-order valence-electron chi connectivity index (χ2n) is 4.90. The monoisotopic (exact) mass is 321 g/mol. The zero-order valence-electron chi connectivity index (χ0n) is 12.1. The topological polar surface area (TPSA) is 86.5 Å². The van der Waals surface area contributed by atoms with E-state index in [-0.39, 0.29) is 17.2 Å². The van der Waals surface area contributed by atoms with Gasteiger partial charge in [-0.1, -0.05) is 23.8 Å². The molecule has 22 heavy (non-hydrogen) atoms. The first-order valence-corrected chi connectivity index (χ1v) is 7.90.